The van der Waals surface area contributed by atoms with E-state index in [1.54, 1.807) is 0 Å². The van der Waals surface area contributed by atoms with Crippen molar-refractivity contribution in [3.63, 3.8) is 0 Å². The van der Waals surface area contributed by atoms with Crippen LogP contribution >= 0.6 is 0 Å². The zero-order chi connectivity index (χ0) is 17.0. The fourth-order valence-corrected chi connectivity index (χ4v) is 3.21. The number of halogens is 2. The third-order valence-electron chi connectivity index (χ3n) is 3.48. The van der Waals surface area contributed by atoms with Crippen LogP contribution in [-0.2, 0) is 16.4 Å². The van der Waals surface area contributed by atoms with E-state index in [9.17, 15) is 22.0 Å². The Hall–Kier alpha value is -1.97. The fraction of sp³-hybridized carbons (Fsp3) is 0.538. The molecule has 7 nitrogen and oxygen atoms in total. The number of hydrogen-bond acceptors (Lipinski definition) is 5. The summed E-state index contributed by atoms with van der Waals surface area (Å²) in [6.45, 7) is -2.27. The minimum atomic E-state index is -3.16. The first-order valence-corrected chi connectivity index (χ1v) is 8.82. The number of hydrogen-bond donors (Lipinski definition) is 1. The lowest BCUT2D eigenvalue weighted by molar-refractivity contribution is -0.0500. The van der Waals surface area contributed by atoms with E-state index in [4.69, 9.17) is 0 Å². The van der Waals surface area contributed by atoms with E-state index < -0.39 is 21.7 Å². The van der Waals surface area contributed by atoms with Crippen LogP contribution in [-0.4, -0.2) is 55.5 Å². The molecule has 0 unspecified atom stereocenters. The van der Waals surface area contributed by atoms with Crippen LogP contribution in [0.3, 0.4) is 0 Å². The third-order valence-corrected chi connectivity index (χ3v) is 5.08. The number of sulfone groups is 1. The second kappa shape index (κ2) is 7.07. The summed E-state index contributed by atoms with van der Waals surface area (Å²) in [6, 6.07) is 2.41. The van der Waals surface area contributed by atoms with Gasteiger partial charge in [0.15, 0.2) is 9.84 Å². The molecule has 2 heterocycles. The number of carbonyl (C=O) groups excluding carboxylic acids is 1. The van der Waals surface area contributed by atoms with Crippen LogP contribution in [0.4, 0.5) is 13.6 Å². The molecule has 0 saturated carbocycles. The van der Waals surface area contributed by atoms with Crippen molar-refractivity contribution >= 4 is 15.9 Å². The molecule has 0 spiro atoms. The maximum atomic E-state index is 12.0. The van der Waals surface area contributed by atoms with Crippen molar-refractivity contribution in [2.24, 2.45) is 0 Å². The lowest BCUT2D eigenvalue weighted by Crippen LogP contribution is -2.39. The standard InChI is InChI=1S/C13H17F2N3O4S/c1-23(20,21)11-4-5-18(8-11)13(19)17-6-9-2-3-10(7-16-9)22-12(14)15/h2-3,7,11-12H,4-6,8H2,1H3,(H,17,19)/t11-/m0/s1. The first-order chi connectivity index (χ1) is 10.8. The van der Waals surface area contributed by atoms with Crippen LogP contribution in [0, 0.1) is 0 Å². The van der Waals surface area contributed by atoms with Crippen LogP contribution in [0.25, 0.3) is 0 Å². The lowest BCUT2D eigenvalue weighted by atomic mass is 10.3. The van der Waals surface area contributed by atoms with Crippen molar-refractivity contribution in [1.82, 2.24) is 15.2 Å². The number of alkyl halides is 2. The summed E-state index contributed by atoms with van der Waals surface area (Å²) in [6.07, 6.45) is 2.72. The Bertz CT molecular complexity index is 652. The number of likely N-dealkylation sites (tertiary alicyclic amines) is 1. The molecule has 1 aromatic heterocycles. The van der Waals surface area contributed by atoms with Crippen LogP contribution in [0.15, 0.2) is 18.3 Å². The molecule has 2 rings (SSSR count). The molecule has 1 saturated heterocycles. The molecule has 23 heavy (non-hydrogen) atoms. The average molecular weight is 349 g/mol. The summed E-state index contributed by atoms with van der Waals surface area (Å²) in [4.78, 5) is 17.3. The number of carbonyl (C=O) groups is 1. The van der Waals surface area contributed by atoms with E-state index in [0.29, 0.717) is 18.7 Å². The van der Waals surface area contributed by atoms with Gasteiger partial charge in [0.1, 0.15) is 5.75 Å². The molecule has 0 aromatic carbocycles. The predicted molar refractivity (Wildman–Crippen MR) is 77.9 cm³/mol. The summed E-state index contributed by atoms with van der Waals surface area (Å²) in [7, 11) is -3.16. The lowest BCUT2D eigenvalue weighted by Gasteiger charge is -2.17. The number of ether oxygens (including phenoxy) is 1. The van der Waals surface area contributed by atoms with Gasteiger partial charge in [-0.05, 0) is 18.6 Å². The van der Waals surface area contributed by atoms with Crippen molar-refractivity contribution in [2.75, 3.05) is 19.3 Å². The van der Waals surface area contributed by atoms with Gasteiger partial charge in [-0.15, -0.1) is 0 Å². The molecule has 128 valence electrons. The van der Waals surface area contributed by atoms with Gasteiger partial charge in [0.05, 0.1) is 23.7 Å². The molecule has 0 bridgehead atoms. The average Bonchev–Trinajstić information content (AvgIpc) is 2.95. The second-order valence-electron chi connectivity index (χ2n) is 5.21. The van der Waals surface area contributed by atoms with Crippen molar-refractivity contribution in [2.45, 2.75) is 24.8 Å². The van der Waals surface area contributed by atoms with Gasteiger partial charge in [0.2, 0.25) is 0 Å². The Morgan fingerprint density at radius 1 is 1.52 bits per heavy atom. The van der Waals surface area contributed by atoms with Crippen LogP contribution < -0.4 is 10.1 Å². The van der Waals surface area contributed by atoms with E-state index in [1.807, 2.05) is 0 Å². The van der Waals surface area contributed by atoms with Gasteiger partial charge in [-0.3, -0.25) is 4.98 Å². The highest BCUT2D eigenvalue weighted by molar-refractivity contribution is 7.91. The minimum Gasteiger partial charge on any atom is -0.433 e. The molecule has 0 aliphatic carbocycles. The summed E-state index contributed by atoms with van der Waals surface area (Å²) >= 11 is 0. The maximum Gasteiger partial charge on any atom is 0.387 e. The Morgan fingerprint density at radius 2 is 2.26 bits per heavy atom. The number of amides is 2. The normalized spacial score (nSPS) is 18.3. The topological polar surface area (TPSA) is 88.6 Å². The van der Waals surface area contributed by atoms with Gasteiger partial charge < -0.3 is 15.0 Å². The highest BCUT2D eigenvalue weighted by Gasteiger charge is 2.32. The summed E-state index contributed by atoms with van der Waals surface area (Å²) in [5.41, 5.74) is 0.471. The predicted octanol–water partition coefficient (Wildman–Crippen LogP) is 1.01. The number of nitrogens with zero attached hydrogens (tertiary/aromatic N) is 2. The summed E-state index contributed by atoms with van der Waals surface area (Å²) in [5, 5.41) is 2.08. The second-order valence-corrected chi connectivity index (χ2v) is 7.53. The Kier molecular flexibility index (Phi) is 5.34. The first-order valence-electron chi connectivity index (χ1n) is 6.87. The smallest absolute Gasteiger partial charge is 0.387 e. The van der Waals surface area contributed by atoms with Gasteiger partial charge >= 0.3 is 12.6 Å². The van der Waals surface area contributed by atoms with Crippen molar-refractivity contribution in [3.8, 4) is 5.75 Å². The highest BCUT2D eigenvalue weighted by Crippen LogP contribution is 2.16. The largest absolute Gasteiger partial charge is 0.433 e. The number of nitrogens with one attached hydrogen (secondary N) is 1. The van der Waals surface area contributed by atoms with E-state index in [1.165, 1.54) is 17.0 Å². The SMILES string of the molecule is CS(=O)(=O)[C@H]1CCN(C(=O)NCc2ccc(OC(F)F)cn2)C1. The number of aromatic nitrogens is 1. The number of urea groups is 1. The Balaban J connectivity index is 1.83. The summed E-state index contributed by atoms with van der Waals surface area (Å²) in [5.74, 6) is -0.0642. The fourth-order valence-electron chi connectivity index (χ4n) is 2.23. The van der Waals surface area contributed by atoms with Crippen LogP contribution in [0.2, 0.25) is 0 Å². The molecule has 0 radical (unpaired) electrons. The van der Waals surface area contributed by atoms with Crippen LogP contribution in [0.1, 0.15) is 12.1 Å². The van der Waals surface area contributed by atoms with E-state index >= 15 is 0 Å². The van der Waals surface area contributed by atoms with E-state index in [0.717, 1.165) is 12.5 Å². The van der Waals surface area contributed by atoms with E-state index in [-0.39, 0.29) is 24.9 Å². The van der Waals surface area contributed by atoms with Crippen molar-refractivity contribution < 1.29 is 26.7 Å². The van der Waals surface area contributed by atoms with Crippen molar-refractivity contribution in [3.05, 3.63) is 24.0 Å². The molecule has 1 aliphatic rings. The van der Waals surface area contributed by atoms with Crippen molar-refractivity contribution in [1.29, 1.82) is 0 Å². The molecular formula is C13H17F2N3O4S. The molecule has 1 atom stereocenters. The van der Waals surface area contributed by atoms with Gasteiger partial charge in [-0.25, -0.2) is 13.2 Å². The van der Waals surface area contributed by atoms with Gasteiger partial charge in [-0.1, -0.05) is 0 Å². The third kappa shape index (κ3) is 5.02. The number of pyridine rings is 1. The molecule has 2 amide bonds. The first kappa shape index (κ1) is 17.4. The number of rotatable bonds is 5. The molecule has 1 fully saturated rings. The van der Waals surface area contributed by atoms with E-state index in [2.05, 4.69) is 15.0 Å². The molecule has 10 heteroatoms. The molecule has 1 N–H and O–H groups in total. The zero-order valence-corrected chi connectivity index (χ0v) is 13.2. The molecular weight excluding hydrogens is 332 g/mol. The summed E-state index contributed by atoms with van der Waals surface area (Å²) < 4.78 is 51.1. The monoisotopic (exact) mass is 349 g/mol. The quantitative estimate of drug-likeness (QED) is 0.857. The zero-order valence-electron chi connectivity index (χ0n) is 12.4. The molecule has 1 aliphatic heterocycles. The van der Waals surface area contributed by atoms with Gasteiger partial charge in [0, 0.05) is 19.3 Å². The Morgan fingerprint density at radius 3 is 2.78 bits per heavy atom. The minimum absolute atomic E-state index is 0.0642. The maximum absolute atomic E-state index is 12.0. The van der Waals surface area contributed by atoms with Gasteiger partial charge in [0.25, 0.3) is 0 Å². The van der Waals surface area contributed by atoms with Gasteiger partial charge in [-0.2, -0.15) is 8.78 Å². The molecule has 1 aromatic rings. The highest BCUT2D eigenvalue weighted by atomic mass is 32.2. The van der Waals surface area contributed by atoms with Crippen LogP contribution in [0.5, 0.6) is 5.75 Å². The Labute approximate surface area is 132 Å².